The van der Waals surface area contributed by atoms with Crippen molar-refractivity contribution >= 4 is 23.5 Å². The fourth-order valence-electron chi connectivity index (χ4n) is 2.79. The number of aliphatic imine (C=N–C) groups is 1. The van der Waals surface area contributed by atoms with Crippen LogP contribution in [0.15, 0.2) is 41.5 Å². The molecule has 2 N–H and O–H groups in total. The normalized spacial score (nSPS) is 12.6. The summed E-state index contributed by atoms with van der Waals surface area (Å²) in [5.74, 6) is 0.751. The van der Waals surface area contributed by atoms with Crippen LogP contribution >= 0.6 is 11.6 Å². The zero-order valence-corrected chi connectivity index (χ0v) is 18.0. The Morgan fingerprint density at radius 2 is 2.00 bits per heavy atom. The number of rotatable bonds is 7. The number of nitrogens with zero attached hydrogens (tertiary/aromatic N) is 3. The van der Waals surface area contributed by atoms with Crippen molar-refractivity contribution in [3.8, 4) is 0 Å². The standard InChI is InChI=1S/C21H30ClN5O/c1-6-15(2)25-20(28)17-9-7-16(8-10-17)12-24-21(23-3)27(5)14-19-11-18(22)13-26(19)4/h7-11,13,15H,6,12,14H2,1-5H3,(H,23,24)(H,25,28). The van der Waals surface area contributed by atoms with E-state index in [1.807, 2.05) is 67.0 Å². The van der Waals surface area contributed by atoms with E-state index in [2.05, 4.69) is 22.5 Å². The van der Waals surface area contributed by atoms with Gasteiger partial charge in [-0.05, 0) is 37.1 Å². The van der Waals surface area contributed by atoms with Gasteiger partial charge in [0.15, 0.2) is 5.96 Å². The summed E-state index contributed by atoms with van der Waals surface area (Å²) < 4.78 is 2.01. The number of guanidine groups is 1. The maximum Gasteiger partial charge on any atom is 0.251 e. The molecule has 0 aliphatic heterocycles. The van der Waals surface area contributed by atoms with Gasteiger partial charge < -0.3 is 20.1 Å². The molecule has 0 saturated carbocycles. The highest BCUT2D eigenvalue weighted by Crippen LogP contribution is 2.14. The van der Waals surface area contributed by atoms with E-state index < -0.39 is 0 Å². The zero-order chi connectivity index (χ0) is 20.7. The Hall–Kier alpha value is -2.47. The molecule has 0 aliphatic carbocycles. The average Bonchev–Trinajstić information content (AvgIpc) is 2.99. The van der Waals surface area contributed by atoms with Crippen molar-refractivity contribution in [3.05, 3.63) is 58.4 Å². The summed E-state index contributed by atoms with van der Waals surface area (Å²) in [4.78, 5) is 18.6. The molecule has 1 aromatic carbocycles. The first-order valence-electron chi connectivity index (χ1n) is 9.46. The van der Waals surface area contributed by atoms with E-state index in [4.69, 9.17) is 11.6 Å². The number of nitrogens with one attached hydrogen (secondary N) is 2. The van der Waals surface area contributed by atoms with Gasteiger partial charge in [-0.1, -0.05) is 30.7 Å². The van der Waals surface area contributed by atoms with Gasteiger partial charge in [0.25, 0.3) is 5.91 Å². The number of carbonyl (C=O) groups excluding carboxylic acids is 1. The van der Waals surface area contributed by atoms with Crippen molar-refractivity contribution in [2.45, 2.75) is 39.4 Å². The maximum absolute atomic E-state index is 12.2. The molecule has 0 bridgehead atoms. The SMILES string of the molecule is CCC(C)NC(=O)c1ccc(CNC(=NC)N(C)Cc2cc(Cl)cn2C)cc1. The second-order valence-corrected chi connectivity index (χ2v) is 7.43. The third-order valence-corrected chi connectivity index (χ3v) is 4.91. The maximum atomic E-state index is 12.2. The van der Waals surface area contributed by atoms with Crippen molar-refractivity contribution in [1.82, 2.24) is 20.1 Å². The van der Waals surface area contributed by atoms with Crippen molar-refractivity contribution in [2.24, 2.45) is 12.0 Å². The van der Waals surface area contributed by atoms with Crippen molar-refractivity contribution in [1.29, 1.82) is 0 Å². The number of benzene rings is 1. The Bertz CT molecular complexity index is 813. The Balaban J connectivity index is 1.92. The Labute approximate surface area is 172 Å². The smallest absolute Gasteiger partial charge is 0.251 e. The molecule has 0 fully saturated rings. The first kappa shape index (κ1) is 21.8. The molecule has 0 aliphatic rings. The van der Waals surface area contributed by atoms with Crippen LogP contribution in [0.2, 0.25) is 5.02 Å². The first-order valence-corrected chi connectivity index (χ1v) is 9.84. The average molecular weight is 404 g/mol. The summed E-state index contributed by atoms with van der Waals surface area (Å²) in [6.07, 6.45) is 2.80. The molecule has 152 valence electrons. The van der Waals surface area contributed by atoms with Crippen molar-refractivity contribution in [3.63, 3.8) is 0 Å². The predicted molar refractivity (Wildman–Crippen MR) is 116 cm³/mol. The number of halogens is 1. The van der Waals surface area contributed by atoms with Gasteiger partial charge in [0.2, 0.25) is 0 Å². The lowest BCUT2D eigenvalue weighted by Gasteiger charge is -2.22. The summed E-state index contributed by atoms with van der Waals surface area (Å²) in [5, 5.41) is 7.06. The lowest BCUT2D eigenvalue weighted by Crippen LogP contribution is -2.38. The number of hydrogen-bond donors (Lipinski definition) is 2. The lowest BCUT2D eigenvalue weighted by molar-refractivity contribution is 0.0939. The van der Waals surface area contributed by atoms with Crippen LogP contribution in [0.25, 0.3) is 0 Å². The number of aromatic nitrogens is 1. The minimum absolute atomic E-state index is 0.0365. The van der Waals surface area contributed by atoms with Gasteiger partial charge in [-0.2, -0.15) is 0 Å². The van der Waals surface area contributed by atoms with E-state index in [1.165, 1.54) is 0 Å². The highest BCUT2D eigenvalue weighted by molar-refractivity contribution is 6.30. The van der Waals surface area contributed by atoms with Gasteiger partial charge in [0.05, 0.1) is 11.6 Å². The Morgan fingerprint density at radius 1 is 1.32 bits per heavy atom. The molecule has 28 heavy (non-hydrogen) atoms. The van der Waals surface area contributed by atoms with E-state index >= 15 is 0 Å². The molecule has 6 nitrogen and oxygen atoms in total. The highest BCUT2D eigenvalue weighted by atomic mass is 35.5. The summed E-state index contributed by atoms with van der Waals surface area (Å²) >= 11 is 6.06. The van der Waals surface area contributed by atoms with Crippen LogP contribution in [0, 0.1) is 0 Å². The second-order valence-electron chi connectivity index (χ2n) is 7.00. The Kier molecular flexibility index (Phi) is 7.93. The molecule has 1 unspecified atom stereocenters. The molecular weight excluding hydrogens is 374 g/mol. The lowest BCUT2D eigenvalue weighted by atomic mass is 10.1. The molecule has 0 radical (unpaired) electrons. The predicted octanol–water partition coefficient (Wildman–Crippen LogP) is 3.41. The second kappa shape index (κ2) is 10.2. The van der Waals surface area contributed by atoms with Gasteiger partial charge in [-0.15, -0.1) is 0 Å². The molecule has 0 saturated heterocycles. The molecule has 1 amide bonds. The summed E-state index contributed by atoms with van der Waals surface area (Å²) in [6.45, 7) is 5.37. The number of amides is 1. The fourth-order valence-corrected chi connectivity index (χ4v) is 3.06. The molecule has 0 spiro atoms. The third-order valence-electron chi connectivity index (χ3n) is 4.70. The largest absolute Gasteiger partial charge is 0.352 e. The van der Waals surface area contributed by atoms with Crippen LogP contribution in [0.5, 0.6) is 0 Å². The molecule has 7 heteroatoms. The number of hydrogen-bond acceptors (Lipinski definition) is 2. The van der Waals surface area contributed by atoms with Gasteiger partial charge in [-0.3, -0.25) is 9.79 Å². The van der Waals surface area contributed by atoms with Crippen LogP contribution in [-0.2, 0) is 20.1 Å². The summed E-state index contributed by atoms with van der Waals surface area (Å²) in [7, 11) is 5.72. The summed E-state index contributed by atoms with van der Waals surface area (Å²) in [6, 6.07) is 9.76. The van der Waals surface area contributed by atoms with Gasteiger partial charge in [-0.25, -0.2) is 0 Å². The quantitative estimate of drug-likeness (QED) is 0.550. The van der Waals surface area contributed by atoms with Gasteiger partial charge >= 0.3 is 0 Å². The van der Waals surface area contributed by atoms with Crippen molar-refractivity contribution in [2.75, 3.05) is 14.1 Å². The van der Waals surface area contributed by atoms with E-state index in [1.54, 1.807) is 7.05 Å². The molecule has 1 atom stereocenters. The van der Waals surface area contributed by atoms with E-state index in [-0.39, 0.29) is 11.9 Å². The topological polar surface area (TPSA) is 61.7 Å². The molecule has 2 rings (SSSR count). The van der Waals surface area contributed by atoms with Crippen LogP contribution in [0.3, 0.4) is 0 Å². The van der Waals surface area contributed by atoms with E-state index in [0.717, 1.165) is 28.7 Å². The van der Waals surface area contributed by atoms with Crippen LogP contribution < -0.4 is 10.6 Å². The van der Waals surface area contributed by atoms with Crippen LogP contribution in [0.4, 0.5) is 0 Å². The van der Waals surface area contributed by atoms with E-state index in [9.17, 15) is 4.79 Å². The molecule has 1 heterocycles. The van der Waals surface area contributed by atoms with Crippen LogP contribution in [-0.4, -0.2) is 41.5 Å². The molecule has 2 aromatic rings. The number of carbonyl (C=O) groups is 1. The molecule has 1 aromatic heterocycles. The fraction of sp³-hybridized carbons (Fsp3) is 0.429. The summed E-state index contributed by atoms with van der Waals surface area (Å²) in [5.41, 5.74) is 2.86. The zero-order valence-electron chi connectivity index (χ0n) is 17.3. The van der Waals surface area contributed by atoms with E-state index in [0.29, 0.717) is 18.7 Å². The minimum atomic E-state index is -0.0365. The third kappa shape index (κ3) is 6.02. The monoisotopic (exact) mass is 403 g/mol. The highest BCUT2D eigenvalue weighted by Gasteiger charge is 2.11. The van der Waals surface area contributed by atoms with Crippen LogP contribution in [0.1, 0.15) is 41.9 Å². The van der Waals surface area contributed by atoms with Gasteiger partial charge in [0.1, 0.15) is 0 Å². The molecular formula is C21H30ClN5O. The minimum Gasteiger partial charge on any atom is -0.352 e. The van der Waals surface area contributed by atoms with Gasteiger partial charge in [0, 0.05) is 51.2 Å². The number of aryl methyl sites for hydroxylation is 1. The first-order chi connectivity index (χ1) is 13.3. The van der Waals surface area contributed by atoms with Crippen molar-refractivity contribution < 1.29 is 4.79 Å². The Morgan fingerprint density at radius 3 is 2.54 bits per heavy atom.